The van der Waals surface area contributed by atoms with E-state index in [4.69, 9.17) is 0 Å². The highest BCUT2D eigenvalue weighted by Crippen LogP contribution is 2.19. The monoisotopic (exact) mass is 452 g/mol. The number of rotatable bonds is 10. The van der Waals surface area contributed by atoms with Crippen LogP contribution in [0.15, 0.2) is 47.6 Å². The van der Waals surface area contributed by atoms with Crippen LogP contribution in [0.3, 0.4) is 0 Å². The minimum Gasteiger partial charge on any atom is -0.346 e. The molecule has 0 aliphatic carbocycles. The average Bonchev–Trinajstić information content (AvgIpc) is 3.27. The number of carbonyl (C=O) groups is 2. The fourth-order valence-corrected chi connectivity index (χ4v) is 3.78. The van der Waals surface area contributed by atoms with Crippen molar-refractivity contribution in [2.75, 3.05) is 17.6 Å². The molecule has 0 saturated carbocycles. The first-order valence-electron chi connectivity index (χ1n) is 10.6. The molecule has 0 aliphatic rings. The highest BCUT2D eigenvalue weighted by molar-refractivity contribution is 7.99. The second-order valence-electron chi connectivity index (χ2n) is 7.50. The third-order valence-electron chi connectivity index (χ3n) is 5.10. The summed E-state index contributed by atoms with van der Waals surface area (Å²) < 4.78 is 1.61. The van der Waals surface area contributed by atoms with Crippen molar-refractivity contribution in [3.63, 3.8) is 0 Å². The van der Waals surface area contributed by atoms with Crippen molar-refractivity contribution in [3.8, 4) is 5.69 Å². The number of benzene rings is 2. The molecule has 9 heteroatoms. The summed E-state index contributed by atoms with van der Waals surface area (Å²) in [7, 11) is 0. The van der Waals surface area contributed by atoms with Crippen molar-refractivity contribution in [3.05, 3.63) is 59.2 Å². The summed E-state index contributed by atoms with van der Waals surface area (Å²) >= 11 is 1.22. The van der Waals surface area contributed by atoms with Crippen LogP contribution in [0.2, 0.25) is 0 Å². The number of anilines is 1. The fraction of sp³-hybridized carbons (Fsp3) is 0.348. The van der Waals surface area contributed by atoms with E-state index in [-0.39, 0.29) is 24.1 Å². The number of hydrogen-bond donors (Lipinski definition) is 2. The lowest BCUT2D eigenvalue weighted by atomic mass is 10.1. The zero-order valence-corrected chi connectivity index (χ0v) is 19.4. The molecule has 0 fully saturated rings. The Balaban J connectivity index is 1.49. The van der Waals surface area contributed by atoms with Crippen LogP contribution >= 0.6 is 11.8 Å². The molecule has 3 rings (SSSR count). The van der Waals surface area contributed by atoms with Gasteiger partial charge in [-0.05, 0) is 72.0 Å². The van der Waals surface area contributed by atoms with Gasteiger partial charge in [0.15, 0.2) is 0 Å². The normalized spacial score (nSPS) is 10.7. The van der Waals surface area contributed by atoms with Gasteiger partial charge in [0.25, 0.3) is 0 Å². The van der Waals surface area contributed by atoms with Crippen molar-refractivity contribution in [1.29, 1.82) is 0 Å². The van der Waals surface area contributed by atoms with Crippen LogP contribution in [-0.2, 0) is 16.0 Å². The molecule has 1 aromatic heterocycles. The first kappa shape index (κ1) is 23.5. The summed E-state index contributed by atoms with van der Waals surface area (Å²) in [6, 6.07) is 13.8. The largest absolute Gasteiger partial charge is 0.346 e. The van der Waals surface area contributed by atoms with Crippen molar-refractivity contribution in [2.24, 2.45) is 0 Å². The predicted octanol–water partition coefficient (Wildman–Crippen LogP) is 3.47. The topological polar surface area (TPSA) is 102 Å². The SMILES string of the molecule is CCCCc1ccc(-n2nnnc2SCC(=O)NCC(=O)Nc2cccc(C)c2C)cc1. The molecule has 3 aromatic rings. The fourth-order valence-electron chi connectivity index (χ4n) is 3.06. The number of thioether (sulfide) groups is 1. The van der Waals surface area contributed by atoms with E-state index in [1.165, 1.54) is 17.3 Å². The maximum Gasteiger partial charge on any atom is 0.243 e. The molecule has 0 bridgehead atoms. The van der Waals surface area contributed by atoms with Crippen LogP contribution in [0, 0.1) is 13.8 Å². The summed E-state index contributed by atoms with van der Waals surface area (Å²) in [4.78, 5) is 24.4. The first-order valence-corrected chi connectivity index (χ1v) is 11.6. The van der Waals surface area contributed by atoms with E-state index in [1.807, 2.05) is 44.2 Å². The van der Waals surface area contributed by atoms with Gasteiger partial charge in [0.2, 0.25) is 17.0 Å². The molecule has 168 valence electrons. The quantitative estimate of drug-likeness (QED) is 0.457. The van der Waals surface area contributed by atoms with E-state index in [1.54, 1.807) is 4.68 Å². The number of aryl methyl sites for hydroxylation is 2. The van der Waals surface area contributed by atoms with E-state index in [2.05, 4.69) is 45.2 Å². The Morgan fingerprint density at radius 1 is 1.06 bits per heavy atom. The number of carbonyl (C=O) groups excluding carboxylic acids is 2. The molecule has 0 spiro atoms. The molecule has 0 atom stereocenters. The standard InChI is InChI=1S/C23H28N6O2S/c1-4-5-8-18-10-12-19(13-11-18)29-23(26-27-28-29)32-15-22(31)24-14-21(30)25-20-9-6-7-16(2)17(20)3/h6-7,9-13H,4-5,8,14-15H2,1-3H3,(H,24,31)(H,25,30). The predicted molar refractivity (Wildman–Crippen MR) is 126 cm³/mol. The number of tetrazole rings is 1. The lowest BCUT2D eigenvalue weighted by Gasteiger charge is -2.11. The summed E-state index contributed by atoms with van der Waals surface area (Å²) in [5.41, 5.74) is 4.96. The molecule has 2 amide bonds. The Morgan fingerprint density at radius 3 is 2.59 bits per heavy atom. The molecular weight excluding hydrogens is 424 g/mol. The molecule has 0 saturated heterocycles. The molecule has 0 unspecified atom stereocenters. The Labute approximate surface area is 192 Å². The van der Waals surface area contributed by atoms with Crippen LogP contribution in [0.1, 0.15) is 36.5 Å². The second-order valence-corrected chi connectivity index (χ2v) is 8.45. The molecular formula is C23H28N6O2S. The third kappa shape index (κ3) is 6.40. The Hall–Kier alpha value is -3.20. The number of amides is 2. The molecule has 2 aromatic carbocycles. The van der Waals surface area contributed by atoms with Gasteiger partial charge in [-0.3, -0.25) is 9.59 Å². The summed E-state index contributed by atoms with van der Waals surface area (Å²) in [6.45, 7) is 6.00. The van der Waals surface area contributed by atoms with Gasteiger partial charge in [0.1, 0.15) is 0 Å². The van der Waals surface area contributed by atoms with Gasteiger partial charge in [-0.1, -0.05) is 49.4 Å². The van der Waals surface area contributed by atoms with Crippen LogP contribution in [0.4, 0.5) is 5.69 Å². The molecule has 32 heavy (non-hydrogen) atoms. The maximum absolute atomic E-state index is 12.2. The summed E-state index contributed by atoms with van der Waals surface area (Å²) in [6.07, 6.45) is 3.36. The zero-order valence-electron chi connectivity index (χ0n) is 18.6. The Kier molecular flexibility index (Phi) is 8.38. The molecule has 8 nitrogen and oxygen atoms in total. The Morgan fingerprint density at radius 2 is 1.84 bits per heavy atom. The number of hydrogen-bond acceptors (Lipinski definition) is 6. The third-order valence-corrected chi connectivity index (χ3v) is 6.02. The number of aromatic nitrogens is 4. The maximum atomic E-state index is 12.2. The minimum atomic E-state index is -0.273. The van der Waals surface area contributed by atoms with E-state index >= 15 is 0 Å². The molecule has 2 N–H and O–H groups in total. The highest BCUT2D eigenvalue weighted by Gasteiger charge is 2.13. The summed E-state index contributed by atoms with van der Waals surface area (Å²) in [5.74, 6) is -0.438. The van der Waals surface area contributed by atoms with E-state index < -0.39 is 0 Å². The second kappa shape index (κ2) is 11.4. The Bertz CT molecular complexity index is 1060. The van der Waals surface area contributed by atoms with Gasteiger partial charge in [-0.15, -0.1) is 5.10 Å². The number of unbranched alkanes of at least 4 members (excludes halogenated alkanes) is 1. The minimum absolute atomic E-state index is 0.100. The highest BCUT2D eigenvalue weighted by atomic mass is 32.2. The average molecular weight is 453 g/mol. The smallest absolute Gasteiger partial charge is 0.243 e. The lowest BCUT2D eigenvalue weighted by Crippen LogP contribution is -2.34. The van der Waals surface area contributed by atoms with Gasteiger partial charge in [-0.2, -0.15) is 4.68 Å². The van der Waals surface area contributed by atoms with Crippen LogP contribution in [0.5, 0.6) is 0 Å². The first-order chi connectivity index (χ1) is 15.5. The van der Waals surface area contributed by atoms with Crippen LogP contribution < -0.4 is 10.6 Å². The molecule has 0 aliphatic heterocycles. The van der Waals surface area contributed by atoms with Crippen LogP contribution in [-0.4, -0.2) is 44.3 Å². The van der Waals surface area contributed by atoms with Gasteiger partial charge < -0.3 is 10.6 Å². The molecule has 0 radical (unpaired) electrons. The van der Waals surface area contributed by atoms with Gasteiger partial charge in [0.05, 0.1) is 18.0 Å². The van der Waals surface area contributed by atoms with Crippen LogP contribution in [0.25, 0.3) is 5.69 Å². The van der Waals surface area contributed by atoms with Crippen molar-refractivity contribution in [1.82, 2.24) is 25.5 Å². The number of nitrogens with zero attached hydrogens (tertiary/aromatic N) is 4. The van der Waals surface area contributed by atoms with E-state index in [0.29, 0.717) is 5.16 Å². The molecule has 1 heterocycles. The summed E-state index contributed by atoms with van der Waals surface area (Å²) in [5, 5.41) is 17.8. The van der Waals surface area contributed by atoms with Crippen molar-refractivity contribution >= 4 is 29.3 Å². The lowest BCUT2D eigenvalue weighted by molar-refractivity contribution is -0.122. The van der Waals surface area contributed by atoms with Gasteiger partial charge in [0, 0.05) is 5.69 Å². The zero-order chi connectivity index (χ0) is 22.9. The van der Waals surface area contributed by atoms with Gasteiger partial charge >= 0.3 is 0 Å². The number of nitrogens with one attached hydrogen (secondary N) is 2. The van der Waals surface area contributed by atoms with Crippen molar-refractivity contribution < 1.29 is 9.59 Å². The van der Waals surface area contributed by atoms with E-state index in [0.717, 1.165) is 41.8 Å². The van der Waals surface area contributed by atoms with Gasteiger partial charge in [-0.25, -0.2) is 0 Å². The van der Waals surface area contributed by atoms with Crippen molar-refractivity contribution in [2.45, 2.75) is 45.2 Å². The van der Waals surface area contributed by atoms with E-state index in [9.17, 15) is 9.59 Å².